The van der Waals surface area contributed by atoms with Gasteiger partial charge in [-0.3, -0.25) is 4.79 Å². The predicted octanol–water partition coefficient (Wildman–Crippen LogP) is 4.87. The van der Waals surface area contributed by atoms with Crippen LogP contribution in [0.5, 0.6) is 5.75 Å². The van der Waals surface area contributed by atoms with Crippen molar-refractivity contribution in [2.24, 2.45) is 5.92 Å². The number of carboxylic acid groups (broad SMARTS) is 1. The summed E-state index contributed by atoms with van der Waals surface area (Å²) in [7, 11) is 1.78. The van der Waals surface area contributed by atoms with Crippen molar-refractivity contribution >= 4 is 12.1 Å². The number of rotatable bonds is 7. The third kappa shape index (κ3) is 5.23. The molecule has 32 heavy (non-hydrogen) atoms. The summed E-state index contributed by atoms with van der Waals surface area (Å²) < 4.78 is 16.8. The fourth-order valence-electron chi connectivity index (χ4n) is 4.66. The molecule has 2 saturated carbocycles. The summed E-state index contributed by atoms with van der Waals surface area (Å²) in [5, 5.41) is 13.1. The number of hydrogen-bond donors (Lipinski definition) is 1. The third-order valence-electron chi connectivity index (χ3n) is 6.58. The predicted molar refractivity (Wildman–Crippen MR) is 116 cm³/mol. The monoisotopic (exact) mass is 442 g/mol. The van der Waals surface area contributed by atoms with E-state index in [0.29, 0.717) is 24.4 Å². The summed E-state index contributed by atoms with van der Waals surface area (Å²) in [6.45, 7) is 0.0160. The Bertz CT molecular complexity index is 919. The number of ether oxygens (including phenoxy) is 2. The van der Waals surface area contributed by atoms with E-state index in [4.69, 9.17) is 14.0 Å². The van der Waals surface area contributed by atoms with E-state index in [-0.39, 0.29) is 30.8 Å². The highest BCUT2D eigenvalue weighted by atomic mass is 16.6. The summed E-state index contributed by atoms with van der Waals surface area (Å²) in [5.74, 6) is 0.114. The van der Waals surface area contributed by atoms with Crippen LogP contribution in [0.2, 0.25) is 0 Å². The van der Waals surface area contributed by atoms with Gasteiger partial charge in [0.15, 0.2) is 12.4 Å². The summed E-state index contributed by atoms with van der Waals surface area (Å²) in [6, 6.07) is 7.76. The fraction of sp³-hybridized carbons (Fsp3) is 0.542. The van der Waals surface area contributed by atoms with Crippen molar-refractivity contribution in [1.29, 1.82) is 0 Å². The van der Waals surface area contributed by atoms with Crippen LogP contribution in [0.25, 0.3) is 11.1 Å². The van der Waals surface area contributed by atoms with Crippen molar-refractivity contribution in [2.45, 2.75) is 70.1 Å². The Morgan fingerprint density at radius 2 is 1.88 bits per heavy atom. The van der Waals surface area contributed by atoms with E-state index in [1.807, 2.05) is 24.3 Å². The minimum absolute atomic E-state index is 0.0160. The van der Waals surface area contributed by atoms with Gasteiger partial charge in [-0.2, -0.15) is 0 Å². The van der Waals surface area contributed by atoms with Crippen LogP contribution >= 0.6 is 0 Å². The average molecular weight is 443 g/mol. The molecule has 0 saturated heterocycles. The zero-order valence-electron chi connectivity index (χ0n) is 18.4. The Hall–Kier alpha value is -3.03. The molecule has 4 rings (SSSR count). The van der Waals surface area contributed by atoms with Crippen LogP contribution in [0.15, 0.2) is 35.0 Å². The number of nitrogens with zero attached hydrogens (tertiary/aromatic N) is 2. The molecule has 0 bridgehead atoms. The SMILES string of the molecule is CN(C(=O)OCc1oncc1-c1ccc(OC2CCC[C@H](C(=O)O)C2)cc1)C1CCCC1. The average Bonchev–Trinajstić information content (AvgIpc) is 3.50. The molecule has 0 spiro atoms. The quantitative estimate of drug-likeness (QED) is 0.652. The lowest BCUT2D eigenvalue weighted by atomic mass is 9.87. The van der Waals surface area contributed by atoms with Crippen LogP contribution in [0, 0.1) is 5.92 Å². The topological polar surface area (TPSA) is 102 Å². The van der Waals surface area contributed by atoms with Crippen molar-refractivity contribution in [3.63, 3.8) is 0 Å². The maximum atomic E-state index is 12.4. The van der Waals surface area contributed by atoms with Gasteiger partial charge in [-0.15, -0.1) is 0 Å². The van der Waals surface area contributed by atoms with E-state index in [0.717, 1.165) is 49.7 Å². The molecule has 0 aliphatic heterocycles. The molecule has 1 heterocycles. The Balaban J connectivity index is 1.34. The lowest BCUT2D eigenvalue weighted by Gasteiger charge is -2.27. The van der Waals surface area contributed by atoms with Gasteiger partial charge in [0.25, 0.3) is 0 Å². The minimum atomic E-state index is -0.747. The molecule has 1 amide bonds. The van der Waals surface area contributed by atoms with Gasteiger partial charge < -0.3 is 24.0 Å². The second-order valence-electron chi connectivity index (χ2n) is 8.73. The molecule has 1 unspecified atom stereocenters. The lowest BCUT2D eigenvalue weighted by Crippen LogP contribution is -2.35. The first-order valence-corrected chi connectivity index (χ1v) is 11.3. The van der Waals surface area contributed by atoms with E-state index in [2.05, 4.69) is 5.16 Å². The second-order valence-corrected chi connectivity index (χ2v) is 8.73. The highest BCUT2D eigenvalue weighted by Crippen LogP contribution is 2.30. The molecule has 2 fully saturated rings. The highest BCUT2D eigenvalue weighted by molar-refractivity contribution is 5.70. The number of benzene rings is 1. The first-order valence-electron chi connectivity index (χ1n) is 11.3. The van der Waals surface area contributed by atoms with Gasteiger partial charge in [0.1, 0.15) is 5.75 Å². The van der Waals surface area contributed by atoms with Crippen molar-refractivity contribution < 1.29 is 28.7 Å². The van der Waals surface area contributed by atoms with Gasteiger partial charge in [0.05, 0.1) is 18.2 Å². The molecule has 2 aliphatic carbocycles. The van der Waals surface area contributed by atoms with Crippen molar-refractivity contribution in [2.75, 3.05) is 7.05 Å². The van der Waals surface area contributed by atoms with Crippen LogP contribution < -0.4 is 4.74 Å². The zero-order chi connectivity index (χ0) is 22.5. The number of carbonyl (C=O) groups excluding carboxylic acids is 1. The van der Waals surface area contributed by atoms with Crippen LogP contribution in [-0.2, 0) is 16.1 Å². The first-order chi connectivity index (χ1) is 15.5. The standard InChI is InChI=1S/C24H30N2O6/c1-26(18-6-2-3-7-18)24(29)30-15-22-21(14-25-32-22)16-9-11-19(12-10-16)31-20-8-4-5-17(13-20)23(27)28/h9-12,14,17-18,20H,2-8,13,15H2,1H3,(H,27,28)/t17-,20?/m0/s1. The van der Waals surface area contributed by atoms with Crippen LogP contribution in [0.4, 0.5) is 4.79 Å². The van der Waals surface area contributed by atoms with Gasteiger partial charge in [-0.1, -0.05) is 30.1 Å². The van der Waals surface area contributed by atoms with E-state index in [1.165, 1.54) is 0 Å². The molecule has 0 radical (unpaired) electrons. The molecule has 2 aromatic rings. The molecular formula is C24H30N2O6. The normalized spacial score (nSPS) is 21.3. The third-order valence-corrected chi connectivity index (χ3v) is 6.58. The highest BCUT2D eigenvalue weighted by Gasteiger charge is 2.28. The van der Waals surface area contributed by atoms with Crippen LogP contribution in [0.3, 0.4) is 0 Å². The molecule has 2 atom stereocenters. The maximum Gasteiger partial charge on any atom is 0.410 e. The Morgan fingerprint density at radius 1 is 1.12 bits per heavy atom. The van der Waals surface area contributed by atoms with E-state index in [1.54, 1.807) is 18.1 Å². The summed E-state index contributed by atoms with van der Waals surface area (Å²) in [5.41, 5.74) is 1.64. The molecule has 2 aliphatic rings. The number of carboxylic acids is 1. The molecule has 172 valence electrons. The molecular weight excluding hydrogens is 412 g/mol. The van der Waals surface area contributed by atoms with Crippen LogP contribution in [-0.4, -0.2) is 46.4 Å². The maximum absolute atomic E-state index is 12.4. The molecule has 8 heteroatoms. The van der Waals surface area contributed by atoms with Crippen LogP contribution in [0.1, 0.15) is 57.1 Å². The molecule has 1 aromatic carbocycles. The summed E-state index contributed by atoms with van der Waals surface area (Å²) >= 11 is 0. The zero-order valence-corrected chi connectivity index (χ0v) is 18.4. The van der Waals surface area contributed by atoms with Gasteiger partial charge in [0.2, 0.25) is 0 Å². The lowest BCUT2D eigenvalue weighted by molar-refractivity contribution is -0.143. The first kappa shape index (κ1) is 22.2. The smallest absolute Gasteiger partial charge is 0.410 e. The Labute approximate surface area is 187 Å². The number of aromatic nitrogens is 1. The van der Waals surface area contributed by atoms with Gasteiger partial charge >= 0.3 is 12.1 Å². The van der Waals surface area contributed by atoms with E-state index < -0.39 is 5.97 Å². The molecule has 1 aromatic heterocycles. The largest absolute Gasteiger partial charge is 0.490 e. The Kier molecular flexibility index (Phi) is 6.97. The number of amides is 1. The minimum Gasteiger partial charge on any atom is -0.490 e. The second kappa shape index (κ2) is 10.1. The molecule has 1 N–H and O–H groups in total. The van der Waals surface area contributed by atoms with Gasteiger partial charge in [-0.25, -0.2) is 4.79 Å². The molecule has 8 nitrogen and oxygen atoms in total. The van der Waals surface area contributed by atoms with E-state index in [9.17, 15) is 14.7 Å². The van der Waals surface area contributed by atoms with Crippen molar-refractivity contribution in [3.8, 4) is 16.9 Å². The summed E-state index contributed by atoms with van der Waals surface area (Å²) in [6.07, 6.45) is 8.48. The summed E-state index contributed by atoms with van der Waals surface area (Å²) in [4.78, 5) is 25.3. The number of carbonyl (C=O) groups is 2. The number of hydrogen-bond acceptors (Lipinski definition) is 6. The fourth-order valence-corrected chi connectivity index (χ4v) is 4.66. The van der Waals surface area contributed by atoms with Gasteiger partial charge in [-0.05, 0) is 56.2 Å². The van der Waals surface area contributed by atoms with Crippen molar-refractivity contribution in [3.05, 3.63) is 36.2 Å². The van der Waals surface area contributed by atoms with Crippen molar-refractivity contribution in [1.82, 2.24) is 10.1 Å². The Morgan fingerprint density at radius 3 is 2.59 bits per heavy atom. The van der Waals surface area contributed by atoms with Gasteiger partial charge in [0, 0.05) is 18.7 Å². The van der Waals surface area contributed by atoms with E-state index >= 15 is 0 Å². The number of aliphatic carboxylic acids is 1.